The molecule has 0 bridgehead atoms. The number of pyridine rings is 2. The Balaban J connectivity index is 1.60. The molecule has 1 fully saturated rings. The molecule has 1 atom stereocenters. The van der Waals surface area contributed by atoms with E-state index >= 15 is 0 Å². The maximum absolute atomic E-state index is 13.8. The van der Waals surface area contributed by atoms with Crippen LogP contribution in [0.15, 0.2) is 71.5 Å². The molecular formula is C30H29F2N5O2. The SMILES string of the molecule is Cn1c(=O)cc(N2CCN(C(c3ccc(F)cc3)c3ccc(F)cc3)C(C(C)(C)O)C2)c2nc(C#N)ccc21. The van der Waals surface area contributed by atoms with E-state index in [2.05, 4.69) is 16.0 Å². The maximum atomic E-state index is 13.8. The van der Waals surface area contributed by atoms with Crippen molar-refractivity contribution in [3.63, 3.8) is 0 Å². The molecule has 0 saturated carbocycles. The van der Waals surface area contributed by atoms with Gasteiger partial charge in [-0.2, -0.15) is 5.26 Å². The molecule has 7 nitrogen and oxygen atoms in total. The molecule has 1 saturated heterocycles. The second-order valence-electron chi connectivity index (χ2n) is 10.5. The van der Waals surface area contributed by atoms with Crippen molar-refractivity contribution in [3.8, 4) is 6.07 Å². The van der Waals surface area contributed by atoms with Gasteiger partial charge in [0.2, 0.25) is 0 Å². The van der Waals surface area contributed by atoms with Crippen molar-refractivity contribution in [1.29, 1.82) is 5.26 Å². The summed E-state index contributed by atoms with van der Waals surface area (Å²) >= 11 is 0. The van der Waals surface area contributed by atoms with Crippen LogP contribution in [0.1, 0.15) is 36.7 Å². The van der Waals surface area contributed by atoms with Crippen molar-refractivity contribution in [2.24, 2.45) is 7.05 Å². The van der Waals surface area contributed by atoms with Crippen molar-refractivity contribution in [2.45, 2.75) is 31.5 Å². The van der Waals surface area contributed by atoms with E-state index in [9.17, 15) is 23.9 Å². The molecule has 0 spiro atoms. The number of rotatable bonds is 5. The monoisotopic (exact) mass is 529 g/mol. The molecule has 200 valence electrons. The Morgan fingerprint density at radius 2 is 1.59 bits per heavy atom. The highest BCUT2D eigenvalue weighted by Gasteiger charge is 2.41. The van der Waals surface area contributed by atoms with Crippen LogP contribution in [-0.4, -0.2) is 50.8 Å². The summed E-state index contributed by atoms with van der Waals surface area (Å²) < 4.78 is 29.2. The Morgan fingerprint density at radius 1 is 1.00 bits per heavy atom. The fourth-order valence-electron chi connectivity index (χ4n) is 5.43. The molecule has 2 aromatic heterocycles. The van der Waals surface area contributed by atoms with Gasteiger partial charge in [-0.1, -0.05) is 24.3 Å². The fourth-order valence-corrected chi connectivity index (χ4v) is 5.43. The minimum atomic E-state index is -1.18. The van der Waals surface area contributed by atoms with E-state index in [0.717, 1.165) is 11.1 Å². The Kier molecular flexibility index (Phi) is 6.93. The van der Waals surface area contributed by atoms with Gasteiger partial charge in [0.15, 0.2) is 0 Å². The third-order valence-corrected chi connectivity index (χ3v) is 7.46. The fraction of sp³-hybridized carbons (Fsp3) is 0.300. The molecule has 5 rings (SSSR count). The molecular weight excluding hydrogens is 500 g/mol. The van der Waals surface area contributed by atoms with Gasteiger partial charge in [0.05, 0.1) is 28.9 Å². The zero-order valence-corrected chi connectivity index (χ0v) is 22.0. The van der Waals surface area contributed by atoms with Gasteiger partial charge < -0.3 is 14.6 Å². The van der Waals surface area contributed by atoms with Crippen molar-refractivity contribution >= 4 is 16.7 Å². The first-order valence-electron chi connectivity index (χ1n) is 12.7. The topological polar surface area (TPSA) is 85.4 Å². The number of aryl methyl sites for hydroxylation is 1. The number of hydrogen-bond donors (Lipinski definition) is 1. The number of piperazine rings is 1. The summed E-state index contributed by atoms with van der Waals surface area (Å²) in [6.07, 6.45) is 0. The van der Waals surface area contributed by atoms with E-state index in [1.165, 1.54) is 34.9 Å². The maximum Gasteiger partial charge on any atom is 0.252 e. The van der Waals surface area contributed by atoms with E-state index in [4.69, 9.17) is 0 Å². The van der Waals surface area contributed by atoms with Crippen molar-refractivity contribution in [2.75, 3.05) is 24.5 Å². The normalized spacial score (nSPS) is 16.6. The molecule has 9 heteroatoms. The molecule has 1 aliphatic rings. The van der Waals surface area contributed by atoms with Crippen molar-refractivity contribution < 1.29 is 13.9 Å². The van der Waals surface area contributed by atoms with Crippen LogP contribution in [0.2, 0.25) is 0 Å². The molecule has 39 heavy (non-hydrogen) atoms. The summed E-state index contributed by atoms with van der Waals surface area (Å²) in [4.78, 5) is 21.5. The number of benzene rings is 2. The lowest BCUT2D eigenvalue weighted by Gasteiger charge is -2.50. The van der Waals surface area contributed by atoms with Crippen LogP contribution in [0.3, 0.4) is 0 Å². The van der Waals surface area contributed by atoms with Crippen LogP contribution >= 0.6 is 0 Å². The molecule has 0 aliphatic carbocycles. The smallest absolute Gasteiger partial charge is 0.252 e. The second kappa shape index (κ2) is 10.2. The van der Waals surface area contributed by atoms with Crippen LogP contribution in [0.5, 0.6) is 0 Å². The number of anilines is 1. The summed E-state index contributed by atoms with van der Waals surface area (Å²) in [7, 11) is 1.66. The van der Waals surface area contributed by atoms with Crippen LogP contribution < -0.4 is 10.5 Å². The molecule has 4 aromatic rings. The van der Waals surface area contributed by atoms with Gasteiger partial charge in [0.1, 0.15) is 28.9 Å². The van der Waals surface area contributed by atoms with Crippen LogP contribution in [0.4, 0.5) is 14.5 Å². The van der Waals surface area contributed by atoms with Crippen molar-refractivity contribution in [3.05, 3.63) is 106 Å². The lowest BCUT2D eigenvalue weighted by Crippen LogP contribution is -2.62. The Bertz CT molecular complexity index is 1560. The molecule has 1 N–H and O–H groups in total. The number of halogens is 2. The first kappa shape index (κ1) is 26.5. The number of aliphatic hydroxyl groups is 1. The summed E-state index contributed by atoms with van der Waals surface area (Å²) in [5, 5.41) is 20.8. The van der Waals surface area contributed by atoms with Gasteiger partial charge in [0, 0.05) is 32.7 Å². The van der Waals surface area contributed by atoms with Gasteiger partial charge in [-0.3, -0.25) is 9.69 Å². The van der Waals surface area contributed by atoms with E-state index in [-0.39, 0.29) is 28.9 Å². The van der Waals surface area contributed by atoms with Gasteiger partial charge in [-0.05, 0) is 61.4 Å². The van der Waals surface area contributed by atoms with Crippen LogP contribution in [-0.2, 0) is 7.05 Å². The van der Waals surface area contributed by atoms with E-state index in [1.54, 1.807) is 57.3 Å². The zero-order chi connectivity index (χ0) is 27.9. The zero-order valence-electron chi connectivity index (χ0n) is 22.0. The van der Waals surface area contributed by atoms with Gasteiger partial charge in [0.25, 0.3) is 5.56 Å². The highest BCUT2D eigenvalue weighted by atomic mass is 19.1. The van der Waals surface area contributed by atoms with E-state index in [0.29, 0.717) is 36.4 Å². The minimum absolute atomic E-state index is 0.207. The number of fused-ring (bicyclic) bond motifs is 1. The lowest BCUT2D eigenvalue weighted by molar-refractivity contribution is -0.0357. The number of nitrogens with zero attached hydrogens (tertiary/aromatic N) is 5. The third-order valence-electron chi connectivity index (χ3n) is 7.46. The number of hydrogen-bond acceptors (Lipinski definition) is 6. The summed E-state index contributed by atoms with van der Waals surface area (Å²) in [5.74, 6) is -0.718. The van der Waals surface area contributed by atoms with E-state index < -0.39 is 11.6 Å². The van der Waals surface area contributed by atoms with Crippen LogP contribution in [0.25, 0.3) is 11.0 Å². The average molecular weight is 530 g/mol. The predicted octanol–water partition coefficient (Wildman–Crippen LogP) is 4.13. The molecule has 1 aliphatic heterocycles. The highest BCUT2D eigenvalue weighted by molar-refractivity contribution is 5.88. The standard InChI is InChI=1S/C30H29F2N5O2/c1-30(2,39)26-18-36(25-16-27(38)35(3)24-13-12-23(17-33)34-28(24)25)14-15-37(26)29(19-4-8-21(31)9-5-19)20-6-10-22(32)11-7-20/h4-13,16,26,29,39H,14-15,18H2,1-3H3. The van der Waals surface area contributed by atoms with Gasteiger partial charge in [-0.15, -0.1) is 0 Å². The first-order chi connectivity index (χ1) is 18.6. The summed E-state index contributed by atoms with van der Waals surface area (Å²) in [6, 6.07) is 18.5. The molecule has 0 radical (unpaired) electrons. The predicted molar refractivity (Wildman–Crippen MR) is 145 cm³/mol. The Hall–Kier alpha value is -4.13. The summed E-state index contributed by atoms with van der Waals surface area (Å²) in [6.45, 7) is 4.78. The first-order valence-corrected chi connectivity index (χ1v) is 12.7. The Labute approximate surface area is 225 Å². The van der Waals surface area contributed by atoms with Crippen molar-refractivity contribution in [1.82, 2.24) is 14.5 Å². The molecule has 0 amide bonds. The van der Waals surface area contributed by atoms with Gasteiger partial charge in [-0.25, -0.2) is 13.8 Å². The quantitative estimate of drug-likeness (QED) is 0.419. The lowest BCUT2D eigenvalue weighted by atomic mass is 9.88. The number of aromatic nitrogens is 2. The summed E-state index contributed by atoms with van der Waals surface area (Å²) in [5.41, 5.74) is 2.21. The van der Waals surface area contributed by atoms with Gasteiger partial charge >= 0.3 is 0 Å². The average Bonchev–Trinajstić information content (AvgIpc) is 2.92. The Morgan fingerprint density at radius 3 is 2.13 bits per heavy atom. The highest BCUT2D eigenvalue weighted by Crippen LogP contribution is 2.37. The third kappa shape index (κ3) is 5.13. The molecule has 2 aromatic carbocycles. The minimum Gasteiger partial charge on any atom is -0.389 e. The van der Waals surface area contributed by atoms with E-state index in [1.807, 2.05) is 4.90 Å². The molecule has 1 unspecified atom stereocenters. The number of nitriles is 1. The second-order valence-corrected chi connectivity index (χ2v) is 10.5. The van der Waals surface area contributed by atoms with Crippen LogP contribution in [0, 0.1) is 23.0 Å². The molecule has 3 heterocycles. The largest absolute Gasteiger partial charge is 0.389 e.